The third-order valence-corrected chi connectivity index (χ3v) is 9.70. The van der Waals surface area contributed by atoms with Crippen LogP contribution in [0, 0.1) is 18.3 Å². The zero-order valence-corrected chi connectivity index (χ0v) is 38.0. The molecule has 328 valence electrons. The average Bonchev–Trinajstić information content (AvgIpc) is 3.25. The van der Waals surface area contributed by atoms with Gasteiger partial charge in [-0.3, -0.25) is 24.0 Å². The van der Waals surface area contributed by atoms with E-state index in [1.54, 1.807) is 74.4 Å². The second-order valence-corrected chi connectivity index (χ2v) is 15.3. The third-order valence-electron chi connectivity index (χ3n) is 9.70. The molecule has 0 heterocycles. The predicted molar refractivity (Wildman–Crippen MR) is 244 cm³/mol. The van der Waals surface area contributed by atoms with Gasteiger partial charge in [0.05, 0.1) is 22.8 Å². The van der Waals surface area contributed by atoms with Crippen molar-refractivity contribution in [2.45, 2.75) is 112 Å². The van der Waals surface area contributed by atoms with Gasteiger partial charge in [0.1, 0.15) is 0 Å². The second-order valence-electron chi connectivity index (χ2n) is 15.3. The molecule has 0 atom stereocenters. The topological polar surface area (TPSA) is 134 Å². The molecule has 0 fully saturated rings. The number of benzene rings is 3. The minimum Gasteiger partial charge on any atom is -0.349 e. The molecule has 11 heteroatoms. The van der Waals surface area contributed by atoms with Gasteiger partial charge in [-0.2, -0.15) is 5.26 Å². The molecule has 60 heavy (non-hydrogen) atoms. The summed E-state index contributed by atoms with van der Waals surface area (Å²) in [5.74, 6) is 0.0953. The second kappa shape index (κ2) is 30.5. The number of amides is 5. The quantitative estimate of drug-likeness (QED) is 0.106. The van der Waals surface area contributed by atoms with Crippen molar-refractivity contribution < 1.29 is 24.0 Å². The zero-order chi connectivity index (χ0) is 44.9. The molecule has 3 aromatic rings. The summed E-state index contributed by atoms with van der Waals surface area (Å²) in [6, 6.07) is 23.5. The highest BCUT2D eigenvalue weighted by Gasteiger charge is 2.24. The predicted octanol–water partition coefficient (Wildman–Crippen LogP) is 9.61. The maximum Gasteiger partial charge on any atom is 0.255 e. The van der Waals surface area contributed by atoms with Crippen molar-refractivity contribution >= 4 is 35.2 Å². The number of nitriles is 1. The molecule has 0 spiro atoms. The molecule has 0 saturated carbocycles. The van der Waals surface area contributed by atoms with Crippen LogP contribution in [-0.4, -0.2) is 104 Å². The summed E-state index contributed by atoms with van der Waals surface area (Å²) < 4.78 is 0. The number of nitrogens with zero attached hydrogens (tertiary/aromatic N) is 5. The van der Waals surface area contributed by atoms with Crippen LogP contribution in [0.15, 0.2) is 72.8 Å². The lowest BCUT2D eigenvalue weighted by molar-refractivity contribution is -0.130. The lowest BCUT2D eigenvalue weighted by atomic mass is 10.0. The summed E-state index contributed by atoms with van der Waals surface area (Å²) >= 11 is 0. The maximum absolute atomic E-state index is 13.3. The van der Waals surface area contributed by atoms with Crippen LogP contribution < -0.4 is 5.32 Å². The molecule has 0 aliphatic rings. The molecule has 11 nitrogen and oxygen atoms in total. The van der Waals surface area contributed by atoms with Crippen LogP contribution in [0.1, 0.15) is 147 Å². The Balaban J connectivity index is 0.000000483. The first-order chi connectivity index (χ1) is 28.7. The normalized spacial score (nSPS) is 10.1. The summed E-state index contributed by atoms with van der Waals surface area (Å²) in [5.41, 5.74) is 4.09. The highest BCUT2D eigenvalue weighted by atomic mass is 16.2. The average molecular weight is 825 g/mol. The van der Waals surface area contributed by atoms with E-state index in [9.17, 15) is 24.0 Å². The first-order valence-electron chi connectivity index (χ1n) is 21.7. The summed E-state index contributed by atoms with van der Waals surface area (Å²) in [6.45, 7) is 13.6. The molecular weight excluding hydrogens is 753 g/mol. The van der Waals surface area contributed by atoms with Gasteiger partial charge in [0, 0.05) is 78.5 Å². The van der Waals surface area contributed by atoms with E-state index in [-0.39, 0.29) is 29.5 Å². The summed E-state index contributed by atoms with van der Waals surface area (Å²) in [6.07, 6.45) is 10.8. The molecular formula is C49H72N6O5. The van der Waals surface area contributed by atoms with Gasteiger partial charge in [-0.15, -0.1) is 0 Å². The molecule has 3 aromatic carbocycles. The first-order valence-corrected chi connectivity index (χ1v) is 21.7. The highest BCUT2D eigenvalue weighted by molar-refractivity contribution is 6.07. The standard InChI is InChI=1S/C24H40N2O2.C15H12N2O.C10H20N2O2/c1-5-9-17-25(18-10-6-2)23(27)21-15-13-14-16-22(21)24(28)26(19-11-7-3)20-12-8-4;1-11-2-6-13(7-3-11)15(18)17-14-8-4-12(10-16)5-9-14;1-11(2)9(13)7-5-6-8-10(14)12(3)4/h13-16H,5-12,17-20H2,1-4H3;2-9H,1H3,(H,17,18);5-8H2,1-4H3. The minimum absolute atomic E-state index is 0.00298. The van der Waals surface area contributed by atoms with E-state index in [1.165, 1.54) is 0 Å². The van der Waals surface area contributed by atoms with Gasteiger partial charge in [0.2, 0.25) is 11.8 Å². The largest absolute Gasteiger partial charge is 0.349 e. The van der Waals surface area contributed by atoms with E-state index in [4.69, 9.17) is 5.26 Å². The summed E-state index contributed by atoms with van der Waals surface area (Å²) in [5, 5.41) is 11.5. The van der Waals surface area contributed by atoms with Crippen LogP contribution in [0.25, 0.3) is 0 Å². The fourth-order valence-electron chi connectivity index (χ4n) is 5.76. The molecule has 5 amide bonds. The van der Waals surface area contributed by atoms with Gasteiger partial charge < -0.3 is 24.9 Å². The van der Waals surface area contributed by atoms with Gasteiger partial charge in [-0.05, 0) is 94.0 Å². The van der Waals surface area contributed by atoms with Crippen molar-refractivity contribution in [2.24, 2.45) is 0 Å². The Hall–Kier alpha value is -5.50. The zero-order valence-electron chi connectivity index (χ0n) is 38.0. The van der Waals surface area contributed by atoms with Gasteiger partial charge in [-0.25, -0.2) is 0 Å². The van der Waals surface area contributed by atoms with Crippen LogP contribution in [0.5, 0.6) is 0 Å². The Bertz CT molecular complexity index is 1680. The number of carbonyl (C=O) groups excluding carboxylic acids is 5. The number of carbonyl (C=O) groups is 5. The fraction of sp³-hybridized carbons (Fsp3) is 0.510. The van der Waals surface area contributed by atoms with E-state index in [1.807, 2.05) is 59.2 Å². The molecule has 0 aliphatic heterocycles. The van der Waals surface area contributed by atoms with E-state index in [0.29, 0.717) is 40.8 Å². The third kappa shape index (κ3) is 20.5. The number of unbranched alkanes of at least 4 members (excludes halogenated alkanes) is 5. The van der Waals surface area contributed by atoms with Crippen molar-refractivity contribution in [3.8, 4) is 6.07 Å². The number of nitrogens with one attached hydrogen (secondary N) is 1. The molecule has 0 radical (unpaired) electrons. The lowest BCUT2D eigenvalue weighted by Gasteiger charge is -2.26. The maximum atomic E-state index is 13.3. The number of aryl methyl sites for hydroxylation is 1. The van der Waals surface area contributed by atoms with Gasteiger partial charge >= 0.3 is 0 Å². The van der Waals surface area contributed by atoms with Crippen molar-refractivity contribution in [3.05, 3.63) is 101 Å². The Morgan fingerprint density at radius 3 is 1.27 bits per heavy atom. The summed E-state index contributed by atoms with van der Waals surface area (Å²) in [7, 11) is 6.97. The fourth-order valence-corrected chi connectivity index (χ4v) is 5.76. The van der Waals surface area contributed by atoms with Gasteiger partial charge in [0.25, 0.3) is 17.7 Å². The molecule has 3 rings (SSSR count). The van der Waals surface area contributed by atoms with E-state index >= 15 is 0 Å². The number of hydrogen-bond donors (Lipinski definition) is 1. The molecule has 0 aromatic heterocycles. The van der Waals surface area contributed by atoms with Gasteiger partial charge in [-0.1, -0.05) is 83.2 Å². The Kier molecular flexibility index (Phi) is 26.7. The number of anilines is 1. The number of rotatable bonds is 21. The van der Waals surface area contributed by atoms with Crippen molar-refractivity contribution in [2.75, 3.05) is 59.7 Å². The highest BCUT2D eigenvalue weighted by Crippen LogP contribution is 2.17. The smallest absolute Gasteiger partial charge is 0.255 e. The van der Waals surface area contributed by atoms with Gasteiger partial charge in [0.15, 0.2) is 0 Å². The molecule has 0 unspecified atom stereocenters. The molecule has 0 saturated heterocycles. The van der Waals surface area contributed by atoms with Crippen LogP contribution >= 0.6 is 0 Å². The van der Waals surface area contributed by atoms with E-state index < -0.39 is 0 Å². The Morgan fingerprint density at radius 1 is 0.550 bits per heavy atom. The Labute approximate surface area is 361 Å². The summed E-state index contributed by atoms with van der Waals surface area (Å²) in [4.78, 5) is 67.8. The Morgan fingerprint density at radius 2 is 0.933 bits per heavy atom. The van der Waals surface area contributed by atoms with Crippen LogP contribution in [0.3, 0.4) is 0 Å². The minimum atomic E-state index is -0.153. The lowest BCUT2D eigenvalue weighted by Crippen LogP contribution is -2.37. The molecule has 0 bridgehead atoms. The monoisotopic (exact) mass is 825 g/mol. The number of hydrogen-bond acceptors (Lipinski definition) is 6. The molecule has 1 N–H and O–H groups in total. The molecule has 0 aliphatic carbocycles. The van der Waals surface area contributed by atoms with E-state index in [2.05, 4.69) is 33.0 Å². The van der Waals surface area contributed by atoms with Crippen LogP contribution in [-0.2, 0) is 9.59 Å². The van der Waals surface area contributed by atoms with E-state index in [0.717, 1.165) is 96.0 Å². The first kappa shape index (κ1) is 52.5. The van der Waals surface area contributed by atoms with Crippen LogP contribution in [0.4, 0.5) is 5.69 Å². The van der Waals surface area contributed by atoms with Crippen molar-refractivity contribution in [3.63, 3.8) is 0 Å². The van der Waals surface area contributed by atoms with Crippen LogP contribution in [0.2, 0.25) is 0 Å². The van der Waals surface area contributed by atoms with Crippen molar-refractivity contribution in [1.29, 1.82) is 5.26 Å². The van der Waals surface area contributed by atoms with Crippen molar-refractivity contribution in [1.82, 2.24) is 19.6 Å². The SMILES string of the molecule is CCCCN(CCCC)C(=O)c1ccccc1C(=O)N(CCCC)CCCC.CN(C)C(=O)CCCCC(=O)N(C)C.Cc1ccc(C(=O)Nc2ccc(C#N)cc2)cc1.